The van der Waals surface area contributed by atoms with E-state index < -0.39 is 4.92 Å². The van der Waals surface area contributed by atoms with E-state index in [-0.39, 0.29) is 23.3 Å². The van der Waals surface area contributed by atoms with Gasteiger partial charge in [0.15, 0.2) is 5.96 Å². The maximum absolute atomic E-state index is 10.9. The Kier molecular flexibility index (Phi) is 3.82. The van der Waals surface area contributed by atoms with Crippen LogP contribution in [-0.2, 0) is 0 Å². The van der Waals surface area contributed by atoms with Crippen molar-refractivity contribution in [3.05, 3.63) is 33.4 Å². The van der Waals surface area contributed by atoms with Crippen molar-refractivity contribution in [3.8, 4) is 0 Å². The summed E-state index contributed by atoms with van der Waals surface area (Å²) in [5.74, 6) is -0.490. The van der Waals surface area contributed by atoms with E-state index in [2.05, 4.69) is 9.98 Å². The van der Waals surface area contributed by atoms with Crippen LogP contribution < -0.4 is 17.2 Å². The Hall–Kier alpha value is -2.64. The molecule has 1 rings (SSSR count). The third kappa shape index (κ3) is 2.94. The molecule has 0 aliphatic heterocycles. The summed E-state index contributed by atoms with van der Waals surface area (Å²) in [6.07, 6.45) is 0. The number of aliphatic imine (C=N–C) groups is 2. The first-order valence-corrected chi connectivity index (χ1v) is 5.01. The Morgan fingerprint density at radius 1 is 1.28 bits per heavy atom. The zero-order valence-corrected chi connectivity index (χ0v) is 10.0. The molecule has 18 heavy (non-hydrogen) atoms. The minimum absolute atomic E-state index is 0.146. The van der Waals surface area contributed by atoms with Crippen molar-refractivity contribution in [2.75, 3.05) is 0 Å². The van der Waals surface area contributed by atoms with E-state index in [1.54, 1.807) is 13.0 Å². The molecule has 0 amide bonds. The molecular formula is C10H14N6O2. The molecule has 6 N–H and O–H groups in total. The highest BCUT2D eigenvalue weighted by atomic mass is 16.6. The van der Waals surface area contributed by atoms with Crippen LogP contribution in [-0.4, -0.2) is 16.8 Å². The number of guanidine groups is 2. The summed E-state index contributed by atoms with van der Waals surface area (Å²) >= 11 is 0. The molecule has 8 heteroatoms. The normalized spacial score (nSPS) is 11.1. The van der Waals surface area contributed by atoms with Crippen LogP contribution in [0, 0.1) is 24.0 Å². The number of nitro groups is 1. The van der Waals surface area contributed by atoms with Crippen LogP contribution in [0.4, 0.5) is 11.4 Å². The van der Waals surface area contributed by atoms with Crippen molar-refractivity contribution in [1.29, 1.82) is 0 Å². The van der Waals surface area contributed by atoms with Gasteiger partial charge in [-0.3, -0.25) is 10.1 Å². The first-order valence-electron chi connectivity index (χ1n) is 5.01. The number of nitro benzene ring substituents is 1. The number of benzene rings is 1. The van der Waals surface area contributed by atoms with E-state index >= 15 is 0 Å². The van der Waals surface area contributed by atoms with Gasteiger partial charge < -0.3 is 17.2 Å². The number of rotatable bonds is 2. The second-order valence-corrected chi connectivity index (χ2v) is 3.64. The van der Waals surface area contributed by atoms with Crippen LogP contribution in [0.3, 0.4) is 0 Å². The number of nitrogens with two attached hydrogens (primary N) is 3. The first-order chi connectivity index (χ1) is 8.32. The van der Waals surface area contributed by atoms with Crippen molar-refractivity contribution in [1.82, 2.24) is 0 Å². The van der Waals surface area contributed by atoms with Crippen LogP contribution in [0.15, 0.2) is 22.1 Å². The second-order valence-electron chi connectivity index (χ2n) is 3.64. The van der Waals surface area contributed by atoms with E-state index in [0.29, 0.717) is 5.56 Å². The number of hydrogen-bond donors (Lipinski definition) is 3. The predicted octanol–water partition coefficient (Wildman–Crippen LogP) is 0.431. The van der Waals surface area contributed by atoms with Gasteiger partial charge in [-0.1, -0.05) is 6.07 Å². The van der Waals surface area contributed by atoms with Crippen LogP contribution in [0.1, 0.15) is 11.1 Å². The molecule has 96 valence electrons. The molecule has 0 saturated heterocycles. The molecule has 0 fully saturated rings. The monoisotopic (exact) mass is 250 g/mol. The van der Waals surface area contributed by atoms with Gasteiger partial charge in [-0.25, -0.2) is 4.99 Å². The minimum atomic E-state index is -0.534. The van der Waals surface area contributed by atoms with E-state index in [1.165, 1.54) is 6.07 Å². The fourth-order valence-corrected chi connectivity index (χ4v) is 1.35. The van der Waals surface area contributed by atoms with Gasteiger partial charge in [0.2, 0.25) is 5.96 Å². The quantitative estimate of drug-likeness (QED) is 0.301. The first kappa shape index (κ1) is 13.4. The summed E-state index contributed by atoms with van der Waals surface area (Å²) in [6.45, 7) is 3.53. The Bertz CT molecular complexity index is 546. The SMILES string of the molecule is Cc1ccc([N+](=O)[O-])c(N=C(N)N=C(N)N)c1C. The van der Waals surface area contributed by atoms with E-state index in [1.807, 2.05) is 6.92 Å². The van der Waals surface area contributed by atoms with Gasteiger partial charge in [-0.15, -0.1) is 0 Å². The molecule has 0 radical (unpaired) electrons. The lowest BCUT2D eigenvalue weighted by atomic mass is 10.1. The lowest BCUT2D eigenvalue weighted by Gasteiger charge is -2.05. The molecule has 0 aromatic heterocycles. The number of nitrogens with zero attached hydrogens (tertiary/aromatic N) is 3. The minimum Gasteiger partial charge on any atom is -0.370 e. The summed E-state index contributed by atoms with van der Waals surface area (Å²) in [5.41, 5.74) is 17.3. The molecule has 1 aromatic rings. The summed E-state index contributed by atoms with van der Waals surface area (Å²) in [6, 6.07) is 3.01. The average molecular weight is 250 g/mol. The fourth-order valence-electron chi connectivity index (χ4n) is 1.35. The number of aryl methyl sites for hydroxylation is 1. The maximum atomic E-state index is 10.9. The lowest BCUT2D eigenvalue weighted by Crippen LogP contribution is -2.26. The van der Waals surface area contributed by atoms with Crippen molar-refractivity contribution < 1.29 is 4.92 Å². The van der Waals surface area contributed by atoms with Gasteiger partial charge in [-0.2, -0.15) is 4.99 Å². The molecule has 0 heterocycles. The van der Waals surface area contributed by atoms with Crippen LogP contribution >= 0.6 is 0 Å². The number of hydrogen-bond acceptors (Lipinski definition) is 3. The summed E-state index contributed by atoms with van der Waals surface area (Å²) < 4.78 is 0. The van der Waals surface area contributed by atoms with Gasteiger partial charge in [0.1, 0.15) is 5.69 Å². The Morgan fingerprint density at radius 2 is 1.89 bits per heavy atom. The van der Waals surface area contributed by atoms with Crippen LogP contribution in [0.5, 0.6) is 0 Å². The maximum Gasteiger partial charge on any atom is 0.295 e. The molecule has 1 aromatic carbocycles. The summed E-state index contributed by atoms with van der Waals surface area (Å²) in [7, 11) is 0. The highest BCUT2D eigenvalue weighted by Crippen LogP contribution is 2.32. The molecule has 0 aliphatic rings. The van der Waals surface area contributed by atoms with Gasteiger partial charge in [0.25, 0.3) is 5.69 Å². The molecule has 0 aliphatic carbocycles. The van der Waals surface area contributed by atoms with Crippen molar-refractivity contribution >= 4 is 23.3 Å². The topological polar surface area (TPSA) is 146 Å². The molecular weight excluding hydrogens is 236 g/mol. The van der Waals surface area contributed by atoms with Crippen molar-refractivity contribution in [3.63, 3.8) is 0 Å². The Labute approximate surface area is 103 Å². The summed E-state index contributed by atoms with van der Waals surface area (Å²) in [5, 5.41) is 10.9. The van der Waals surface area contributed by atoms with E-state index in [0.717, 1.165) is 5.56 Å². The second kappa shape index (κ2) is 5.13. The zero-order chi connectivity index (χ0) is 13.9. The van der Waals surface area contributed by atoms with Crippen molar-refractivity contribution in [2.45, 2.75) is 13.8 Å². The smallest absolute Gasteiger partial charge is 0.295 e. The standard InChI is InChI=1S/C10H14N6O2/c1-5-3-4-7(16(17)18)8(6(5)2)14-10(13)15-9(11)12/h3-4H,1-2H3,(H6,11,12,13,14,15). The molecule has 0 spiro atoms. The van der Waals surface area contributed by atoms with Gasteiger partial charge in [0, 0.05) is 6.07 Å². The average Bonchev–Trinajstić information content (AvgIpc) is 2.23. The van der Waals surface area contributed by atoms with Gasteiger partial charge >= 0.3 is 0 Å². The third-order valence-corrected chi connectivity index (χ3v) is 2.35. The molecule has 0 atom stereocenters. The molecule has 8 nitrogen and oxygen atoms in total. The largest absolute Gasteiger partial charge is 0.370 e. The van der Waals surface area contributed by atoms with Crippen LogP contribution in [0.2, 0.25) is 0 Å². The predicted molar refractivity (Wildman–Crippen MR) is 69.7 cm³/mol. The van der Waals surface area contributed by atoms with Gasteiger partial charge in [-0.05, 0) is 25.0 Å². The van der Waals surface area contributed by atoms with E-state index in [9.17, 15) is 10.1 Å². The zero-order valence-electron chi connectivity index (χ0n) is 10.0. The lowest BCUT2D eigenvalue weighted by molar-refractivity contribution is -0.384. The molecule has 0 unspecified atom stereocenters. The molecule has 0 saturated carbocycles. The third-order valence-electron chi connectivity index (χ3n) is 2.35. The van der Waals surface area contributed by atoms with Gasteiger partial charge in [0.05, 0.1) is 4.92 Å². The molecule has 0 bridgehead atoms. The highest BCUT2D eigenvalue weighted by molar-refractivity contribution is 5.94. The Morgan fingerprint density at radius 3 is 2.39 bits per heavy atom. The Balaban J connectivity index is 3.43. The summed E-state index contributed by atoms with van der Waals surface area (Å²) in [4.78, 5) is 17.8. The van der Waals surface area contributed by atoms with Crippen LogP contribution in [0.25, 0.3) is 0 Å². The van der Waals surface area contributed by atoms with E-state index in [4.69, 9.17) is 17.2 Å². The van der Waals surface area contributed by atoms with Crippen molar-refractivity contribution in [2.24, 2.45) is 27.2 Å². The highest BCUT2D eigenvalue weighted by Gasteiger charge is 2.17. The fraction of sp³-hybridized carbons (Fsp3) is 0.200.